The smallest absolute Gasteiger partial charge is 0.0923 e. The van der Waals surface area contributed by atoms with Crippen molar-refractivity contribution in [3.63, 3.8) is 0 Å². The van der Waals surface area contributed by atoms with Crippen LogP contribution in [0.1, 0.15) is 28.2 Å². The summed E-state index contributed by atoms with van der Waals surface area (Å²) in [6, 6.07) is 0. The molecular formula is C6H7BrN2S. The van der Waals surface area contributed by atoms with E-state index in [0.29, 0.717) is 4.83 Å². The maximum absolute atomic E-state index is 4.06. The minimum atomic E-state index is 0.468. The van der Waals surface area contributed by atoms with Crippen LogP contribution in [0.15, 0.2) is 0 Å². The normalized spacial score (nSPS) is 24.3. The molecule has 0 spiro atoms. The summed E-state index contributed by atoms with van der Waals surface area (Å²) in [4.78, 5) is 1.84. The zero-order valence-corrected chi connectivity index (χ0v) is 7.78. The SMILES string of the molecule is BrC1CCCc2snnc21. The molecule has 1 atom stereocenters. The van der Waals surface area contributed by atoms with Crippen molar-refractivity contribution >= 4 is 27.5 Å². The maximum Gasteiger partial charge on any atom is 0.0923 e. The second-order valence-electron chi connectivity index (χ2n) is 2.44. The first-order valence-corrected chi connectivity index (χ1v) is 5.02. The molecule has 1 aliphatic carbocycles. The predicted molar refractivity (Wildman–Crippen MR) is 44.5 cm³/mol. The highest BCUT2D eigenvalue weighted by Gasteiger charge is 2.20. The van der Waals surface area contributed by atoms with Crippen LogP contribution in [-0.4, -0.2) is 9.59 Å². The quantitative estimate of drug-likeness (QED) is 0.625. The van der Waals surface area contributed by atoms with Gasteiger partial charge < -0.3 is 0 Å². The number of hydrogen-bond donors (Lipinski definition) is 0. The number of nitrogens with zero attached hydrogens (tertiary/aromatic N) is 2. The fourth-order valence-corrected chi connectivity index (χ4v) is 2.79. The third-order valence-electron chi connectivity index (χ3n) is 1.74. The summed E-state index contributed by atoms with van der Waals surface area (Å²) in [5.74, 6) is 0. The van der Waals surface area contributed by atoms with E-state index in [-0.39, 0.29) is 0 Å². The molecule has 0 radical (unpaired) electrons. The van der Waals surface area contributed by atoms with Gasteiger partial charge in [-0.25, -0.2) is 0 Å². The minimum absolute atomic E-state index is 0.468. The first-order chi connectivity index (χ1) is 4.88. The van der Waals surface area contributed by atoms with Crippen molar-refractivity contribution in [3.05, 3.63) is 10.6 Å². The molecule has 0 aromatic carbocycles. The molecule has 2 nitrogen and oxygen atoms in total. The molecular weight excluding hydrogens is 212 g/mol. The Labute approximate surface area is 71.9 Å². The van der Waals surface area contributed by atoms with Crippen LogP contribution in [0.4, 0.5) is 0 Å². The second kappa shape index (κ2) is 2.58. The lowest BCUT2D eigenvalue weighted by Crippen LogP contribution is -2.02. The Morgan fingerprint density at radius 2 is 2.50 bits per heavy atom. The van der Waals surface area contributed by atoms with Gasteiger partial charge in [-0.3, -0.25) is 0 Å². The summed E-state index contributed by atoms with van der Waals surface area (Å²) < 4.78 is 3.92. The van der Waals surface area contributed by atoms with Crippen LogP contribution in [0.2, 0.25) is 0 Å². The van der Waals surface area contributed by atoms with Crippen molar-refractivity contribution in [2.45, 2.75) is 24.1 Å². The summed E-state index contributed by atoms with van der Waals surface area (Å²) in [5.41, 5.74) is 1.18. The molecule has 0 saturated heterocycles. The van der Waals surface area contributed by atoms with E-state index in [9.17, 15) is 0 Å². The molecule has 1 unspecified atom stereocenters. The minimum Gasteiger partial charge on any atom is -0.142 e. The lowest BCUT2D eigenvalue weighted by atomic mass is 10.0. The highest BCUT2D eigenvalue weighted by molar-refractivity contribution is 9.09. The van der Waals surface area contributed by atoms with Gasteiger partial charge in [0.05, 0.1) is 10.5 Å². The highest BCUT2D eigenvalue weighted by Crippen LogP contribution is 2.35. The molecule has 4 heteroatoms. The summed E-state index contributed by atoms with van der Waals surface area (Å²) in [6.07, 6.45) is 3.65. The molecule has 0 saturated carbocycles. The number of fused-ring (bicyclic) bond motifs is 1. The molecule has 54 valence electrons. The molecule has 10 heavy (non-hydrogen) atoms. The number of hydrogen-bond acceptors (Lipinski definition) is 3. The van der Waals surface area contributed by atoms with Gasteiger partial charge in [0.15, 0.2) is 0 Å². The topological polar surface area (TPSA) is 25.8 Å². The van der Waals surface area contributed by atoms with E-state index in [4.69, 9.17) is 0 Å². The third-order valence-corrected chi connectivity index (χ3v) is 3.43. The standard InChI is InChI=1S/C6H7BrN2S/c7-4-2-1-3-5-6(4)8-9-10-5/h4H,1-3H2. The van der Waals surface area contributed by atoms with Crippen molar-refractivity contribution in [1.82, 2.24) is 9.59 Å². The van der Waals surface area contributed by atoms with E-state index < -0.39 is 0 Å². The molecule has 0 amide bonds. The van der Waals surface area contributed by atoms with E-state index in [0.717, 1.165) is 0 Å². The average molecular weight is 219 g/mol. The first kappa shape index (κ1) is 6.73. The van der Waals surface area contributed by atoms with Crippen LogP contribution < -0.4 is 0 Å². The van der Waals surface area contributed by atoms with Crippen LogP contribution in [0, 0.1) is 0 Å². The summed E-state index contributed by atoms with van der Waals surface area (Å²) in [6.45, 7) is 0. The van der Waals surface area contributed by atoms with Crippen molar-refractivity contribution in [2.24, 2.45) is 0 Å². The van der Waals surface area contributed by atoms with E-state index >= 15 is 0 Å². The van der Waals surface area contributed by atoms with Crippen LogP contribution in [0.3, 0.4) is 0 Å². The van der Waals surface area contributed by atoms with Gasteiger partial charge in [-0.05, 0) is 30.8 Å². The predicted octanol–water partition coefficient (Wildman–Crippen LogP) is 2.31. The molecule has 1 aliphatic rings. The van der Waals surface area contributed by atoms with Gasteiger partial charge in [-0.1, -0.05) is 20.4 Å². The monoisotopic (exact) mass is 218 g/mol. The Kier molecular flexibility index (Phi) is 1.74. The molecule has 1 heterocycles. The lowest BCUT2D eigenvalue weighted by molar-refractivity contribution is 0.672. The average Bonchev–Trinajstić information content (AvgIpc) is 2.36. The maximum atomic E-state index is 4.06. The van der Waals surface area contributed by atoms with E-state index in [1.807, 2.05) is 0 Å². The molecule has 0 aliphatic heterocycles. The summed E-state index contributed by atoms with van der Waals surface area (Å²) >= 11 is 5.11. The van der Waals surface area contributed by atoms with Gasteiger partial charge in [0.2, 0.25) is 0 Å². The van der Waals surface area contributed by atoms with Crippen LogP contribution in [0.25, 0.3) is 0 Å². The van der Waals surface area contributed by atoms with Crippen LogP contribution in [-0.2, 0) is 6.42 Å². The number of halogens is 1. The Morgan fingerprint density at radius 1 is 1.60 bits per heavy atom. The van der Waals surface area contributed by atoms with E-state index in [1.165, 1.54) is 41.4 Å². The number of aromatic nitrogens is 2. The zero-order valence-electron chi connectivity index (χ0n) is 5.38. The number of rotatable bonds is 0. The molecule has 1 aromatic rings. The molecule has 0 N–H and O–H groups in total. The lowest BCUT2D eigenvalue weighted by Gasteiger charge is -2.12. The summed E-state index contributed by atoms with van der Waals surface area (Å²) in [5, 5.41) is 4.06. The van der Waals surface area contributed by atoms with Gasteiger partial charge in [-0.2, -0.15) is 0 Å². The molecule has 2 rings (SSSR count). The second-order valence-corrected chi connectivity index (χ2v) is 4.39. The van der Waals surface area contributed by atoms with Gasteiger partial charge in [0.25, 0.3) is 0 Å². The van der Waals surface area contributed by atoms with Crippen molar-refractivity contribution in [3.8, 4) is 0 Å². The fraction of sp³-hybridized carbons (Fsp3) is 0.667. The largest absolute Gasteiger partial charge is 0.142 e. The molecule has 1 aromatic heterocycles. The van der Waals surface area contributed by atoms with E-state index in [1.54, 1.807) is 0 Å². The third kappa shape index (κ3) is 0.992. The van der Waals surface area contributed by atoms with Crippen molar-refractivity contribution in [1.29, 1.82) is 0 Å². The Hall–Kier alpha value is 0.0400. The van der Waals surface area contributed by atoms with Crippen molar-refractivity contribution in [2.75, 3.05) is 0 Å². The molecule has 0 fully saturated rings. The zero-order chi connectivity index (χ0) is 6.97. The van der Waals surface area contributed by atoms with Crippen LogP contribution in [0.5, 0.6) is 0 Å². The van der Waals surface area contributed by atoms with Gasteiger partial charge in [0.1, 0.15) is 0 Å². The molecule has 0 bridgehead atoms. The highest BCUT2D eigenvalue weighted by atomic mass is 79.9. The van der Waals surface area contributed by atoms with Crippen LogP contribution >= 0.6 is 27.5 Å². The van der Waals surface area contributed by atoms with Gasteiger partial charge in [-0.15, -0.1) is 5.10 Å². The first-order valence-electron chi connectivity index (χ1n) is 3.33. The fourth-order valence-electron chi connectivity index (χ4n) is 1.21. The Bertz CT molecular complexity index is 235. The number of alkyl halides is 1. The van der Waals surface area contributed by atoms with Crippen molar-refractivity contribution < 1.29 is 0 Å². The Morgan fingerprint density at radius 3 is 3.30 bits per heavy atom. The summed E-state index contributed by atoms with van der Waals surface area (Å²) in [7, 11) is 0. The van der Waals surface area contributed by atoms with Gasteiger partial charge in [0, 0.05) is 4.88 Å². The number of aryl methyl sites for hydroxylation is 1. The Balaban J connectivity index is 2.41. The van der Waals surface area contributed by atoms with E-state index in [2.05, 4.69) is 25.5 Å². The van der Waals surface area contributed by atoms with Gasteiger partial charge >= 0.3 is 0 Å².